The van der Waals surface area contributed by atoms with Gasteiger partial charge in [0.25, 0.3) is 6.29 Å². The lowest BCUT2D eigenvalue weighted by Gasteiger charge is -2.25. The molecule has 61 heavy (non-hydrogen) atoms. The molecule has 0 aromatic rings. The molecule has 0 spiro atoms. The molecule has 9 heteroatoms. The molecule has 0 aliphatic carbocycles. The van der Waals surface area contributed by atoms with E-state index in [2.05, 4.69) is 26.0 Å². The Kier molecular flexibility index (Phi) is 43.2. The van der Waals surface area contributed by atoms with E-state index in [1.54, 1.807) is 0 Å². The minimum atomic E-state index is -1.51. The van der Waals surface area contributed by atoms with Gasteiger partial charge in [-0.2, -0.15) is 0 Å². The summed E-state index contributed by atoms with van der Waals surface area (Å²) in [6.07, 6.45) is 45.8. The number of ether oxygens (including phenoxy) is 4. The maximum absolute atomic E-state index is 12.7. The number of likely N-dealkylation sites (N-methyl/N-ethyl adjacent to an activating group) is 1. The number of nitrogens with zero attached hydrogens (tertiary/aromatic N) is 1. The van der Waals surface area contributed by atoms with Crippen molar-refractivity contribution in [2.75, 3.05) is 47.5 Å². The van der Waals surface area contributed by atoms with Crippen LogP contribution in [0.5, 0.6) is 0 Å². The maximum Gasteiger partial charge on any atom is 0.361 e. The zero-order valence-corrected chi connectivity index (χ0v) is 40.8. The van der Waals surface area contributed by atoms with Crippen molar-refractivity contribution in [3.8, 4) is 0 Å². The molecule has 0 aliphatic heterocycles. The first-order chi connectivity index (χ1) is 29.6. The molecule has 0 bridgehead atoms. The van der Waals surface area contributed by atoms with Gasteiger partial charge in [-0.1, -0.05) is 212 Å². The number of allylic oxidation sites excluding steroid dienone is 2. The van der Waals surface area contributed by atoms with Crippen LogP contribution in [0.3, 0.4) is 0 Å². The Balaban J connectivity index is 4.14. The highest BCUT2D eigenvalue weighted by Crippen LogP contribution is 2.17. The number of carbonyl (C=O) groups excluding carboxylic acids is 2. The summed E-state index contributed by atoms with van der Waals surface area (Å²) in [6, 6.07) is 0. The first kappa shape index (κ1) is 59.0. The molecule has 2 unspecified atom stereocenters. The van der Waals surface area contributed by atoms with E-state index in [4.69, 9.17) is 18.9 Å². The largest absolute Gasteiger partial charge is 0.477 e. The van der Waals surface area contributed by atoms with Gasteiger partial charge >= 0.3 is 17.9 Å². The topological polar surface area (TPSA) is 108 Å². The van der Waals surface area contributed by atoms with Crippen LogP contribution in [-0.2, 0) is 33.3 Å². The van der Waals surface area contributed by atoms with Crippen molar-refractivity contribution in [3.05, 3.63) is 12.2 Å². The molecule has 0 aromatic heterocycles. The molecule has 0 fully saturated rings. The van der Waals surface area contributed by atoms with Crippen molar-refractivity contribution < 1.29 is 42.9 Å². The van der Waals surface area contributed by atoms with E-state index in [1.807, 2.05) is 21.1 Å². The number of hydrogen-bond donors (Lipinski definition) is 1. The van der Waals surface area contributed by atoms with Crippen LogP contribution in [0.2, 0.25) is 0 Å². The zero-order valence-electron chi connectivity index (χ0n) is 40.8. The summed E-state index contributed by atoms with van der Waals surface area (Å²) in [6.45, 7) is 4.86. The quantitative estimate of drug-likeness (QED) is 0.0212. The highest BCUT2D eigenvalue weighted by Gasteiger charge is 2.25. The Morgan fingerprint density at radius 1 is 0.475 bits per heavy atom. The Bertz CT molecular complexity index is 1010. The van der Waals surface area contributed by atoms with E-state index in [0.717, 1.165) is 57.8 Å². The standard InChI is InChI=1S/C52H99NO8/c1-6-8-10-12-14-16-18-19-20-21-22-23-24-25-26-27-28-29-30-31-33-34-36-38-40-42-49(54)59-46-48(47-60-52(51(56)57)58-45-44-53(3,4)5)61-50(55)43-41-39-37-35-32-17-15-13-11-9-7-2/h13,15,48,52H,6-12,14,16-47H2,1-5H3/p+1/b15-13-. The van der Waals surface area contributed by atoms with E-state index >= 15 is 0 Å². The van der Waals surface area contributed by atoms with Crippen LogP contribution in [0.1, 0.15) is 245 Å². The van der Waals surface area contributed by atoms with Crippen molar-refractivity contribution in [1.82, 2.24) is 0 Å². The number of carboxylic acid groups (broad SMARTS) is 1. The van der Waals surface area contributed by atoms with E-state index in [9.17, 15) is 19.5 Å². The Morgan fingerprint density at radius 3 is 1.26 bits per heavy atom. The van der Waals surface area contributed by atoms with Crippen LogP contribution >= 0.6 is 0 Å². The molecule has 0 saturated carbocycles. The summed E-state index contributed by atoms with van der Waals surface area (Å²) >= 11 is 0. The van der Waals surface area contributed by atoms with Gasteiger partial charge in [0.2, 0.25) is 0 Å². The van der Waals surface area contributed by atoms with Crippen molar-refractivity contribution in [1.29, 1.82) is 0 Å². The van der Waals surface area contributed by atoms with Gasteiger partial charge in [-0.15, -0.1) is 0 Å². The van der Waals surface area contributed by atoms with E-state index in [0.29, 0.717) is 23.9 Å². The third-order valence-corrected chi connectivity index (χ3v) is 11.5. The fourth-order valence-electron chi connectivity index (χ4n) is 7.47. The monoisotopic (exact) mass is 867 g/mol. The van der Waals surface area contributed by atoms with Gasteiger partial charge in [0.1, 0.15) is 13.2 Å². The molecule has 0 aromatic carbocycles. The third-order valence-electron chi connectivity index (χ3n) is 11.5. The van der Waals surface area contributed by atoms with Gasteiger partial charge in [0, 0.05) is 12.8 Å². The molecule has 360 valence electrons. The lowest BCUT2D eigenvalue weighted by Crippen LogP contribution is -2.40. The van der Waals surface area contributed by atoms with Crippen LogP contribution < -0.4 is 0 Å². The lowest BCUT2D eigenvalue weighted by atomic mass is 10.0. The number of carbonyl (C=O) groups is 3. The smallest absolute Gasteiger partial charge is 0.361 e. The molecule has 0 radical (unpaired) electrons. The molecular weight excluding hydrogens is 767 g/mol. The second-order valence-electron chi connectivity index (χ2n) is 18.8. The fraction of sp³-hybridized carbons (Fsp3) is 0.904. The summed E-state index contributed by atoms with van der Waals surface area (Å²) in [7, 11) is 5.96. The summed E-state index contributed by atoms with van der Waals surface area (Å²) in [5.74, 6) is -2.00. The molecule has 9 nitrogen and oxygen atoms in total. The summed E-state index contributed by atoms with van der Waals surface area (Å²) in [4.78, 5) is 37.1. The molecular formula is C52H100NO8+. The lowest BCUT2D eigenvalue weighted by molar-refractivity contribution is -0.870. The minimum absolute atomic E-state index is 0.180. The molecule has 0 rings (SSSR count). The molecule has 0 heterocycles. The molecule has 2 atom stereocenters. The van der Waals surface area contributed by atoms with Crippen LogP contribution in [0, 0.1) is 0 Å². The Hall–Kier alpha value is -1.97. The summed E-state index contributed by atoms with van der Waals surface area (Å²) in [5, 5.41) is 9.64. The predicted octanol–water partition coefficient (Wildman–Crippen LogP) is 14.2. The minimum Gasteiger partial charge on any atom is -0.477 e. The van der Waals surface area contributed by atoms with Gasteiger partial charge < -0.3 is 28.5 Å². The van der Waals surface area contributed by atoms with Gasteiger partial charge in [-0.05, 0) is 32.1 Å². The second kappa shape index (κ2) is 44.6. The number of esters is 2. The highest BCUT2D eigenvalue weighted by molar-refractivity contribution is 5.71. The highest BCUT2D eigenvalue weighted by atomic mass is 16.7. The molecule has 0 saturated heterocycles. The van der Waals surface area contributed by atoms with Crippen LogP contribution in [0.4, 0.5) is 0 Å². The van der Waals surface area contributed by atoms with Gasteiger partial charge in [0.15, 0.2) is 6.10 Å². The van der Waals surface area contributed by atoms with Crippen LogP contribution in [0.15, 0.2) is 12.2 Å². The fourth-order valence-corrected chi connectivity index (χ4v) is 7.47. The Morgan fingerprint density at radius 2 is 0.852 bits per heavy atom. The average Bonchev–Trinajstić information content (AvgIpc) is 3.22. The third kappa shape index (κ3) is 45.9. The van der Waals surface area contributed by atoms with E-state index in [1.165, 1.54) is 154 Å². The average molecular weight is 867 g/mol. The number of aliphatic carboxylic acids is 1. The maximum atomic E-state index is 12.7. The Labute approximate surface area is 376 Å². The van der Waals surface area contributed by atoms with E-state index < -0.39 is 24.3 Å². The van der Waals surface area contributed by atoms with Gasteiger partial charge in [-0.25, -0.2) is 4.79 Å². The van der Waals surface area contributed by atoms with Crippen LogP contribution in [0.25, 0.3) is 0 Å². The second-order valence-corrected chi connectivity index (χ2v) is 18.8. The van der Waals surface area contributed by atoms with Gasteiger partial charge in [-0.3, -0.25) is 9.59 Å². The number of rotatable bonds is 48. The molecule has 0 amide bonds. The van der Waals surface area contributed by atoms with Crippen molar-refractivity contribution in [2.24, 2.45) is 0 Å². The van der Waals surface area contributed by atoms with Crippen molar-refractivity contribution in [3.63, 3.8) is 0 Å². The number of hydrogen-bond acceptors (Lipinski definition) is 7. The molecule has 0 aliphatic rings. The number of carboxylic acids is 1. The summed E-state index contributed by atoms with van der Waals surface area (Å²) in [5.41, 5.74) is 0. The van der Waals surface area contributed by atoms with E-state index in [-0.39, 0.29) is 32.2 Å². The summed E-state index contributed by atoms with van der Waals surface area (Å²) < 4.78 is 22.8. The van der Waals surface area contributed by atoms with Crippen molar-refractivity contribution >= 4 is 17.9 Å². The van der Waals surface area contributed by atoms with Gasteiger partial charge in [0.05, 0.1) is 34.4 Å². The first-order valence-corrected chi connectivity index (χ1v) is 25.9. The number of unbranched alkanes of at least 4 members (excludes halogenated alkanes) is 31. The first-order valence-electron chi connectivity index (χ1n) is 25.9. The zero-order chi connectivity index (χ0) is 44.9. The normalized spacial score (nSPS) is 12.9. The molecule has 1 N–H and O–H groups in total. The number of quaternary nitrogens is 1. The SMILES string of the molecule is CCCC/C=C\CCCCCCCC(=O)OC(COC(=O)CCCCCCCCCCCCCCCCCCCCCCCCCCC)COC(OCC[N+](C)(C)C)C(=O)O. The van der Waals surface area contributed by atoms with Crippen LogP contribution in [-0.4, -0.2) is 87.4 Å². The predicted molar refractivity (Wildman–Crippen MR) is 254 cm³/mol. The van der Waals surface area contributed by atoms with Crippen molar-refractivity contribution in [2.45, 2.75) is 257 Å².